The quantitative estimate of drug-likeness (QED) is 0.426. The van der Waals surface area contributed by atoms with E-state index in [0.29, 0.717) is 22.1 Å². The Morgan fingerprint density at radius 3 is 2.48 bits per heavy atom. The van der Waals surface area contributed by atoms with Gasteiger partial charge in [0.25, 0.3) is 0 Å². The average molecular weight is 387 g/mol. The van der Waals surface area contributed by atoms with Gasteiger partial charge in [-0.1, -0.05) is 17.7 Å². The lowest BCUT2D eigenvalue weighted by atomic mass is 10.3. The van der Waals surface area contributed by atoms with Gasteiger partial charge >= 0.3 is 5.69 Å². The third-order valence-corrected chi connectivity index (χ3v) is 3.76. The number of nitrogens with zero attached hydrogens (tertiary/aromatic N) is 3. The lowest BCUT2D eigenvalue weighted by Crippen LogP contribution is -2.08. The zero-order valence-corrected chi connectivity index (χ0v) is 14.9. The summed E-state index contributed by atoms with van der Waals surface area (Å²) in [5.41, 5.74) is 6.56. The molecule has 0 fully saturated rings. The Labute approximate surface area is 159 Å². The molecule has 3 aromatic rings. The molecule has 0 aliphatic rings. The van der Waals surface area contributed by atoms with Gasteiger partial charge in [-0.2, -0.15) is 9.97 Å². The fourth-order valence-electron chi connectivity index (χ4n) is 2.30. The van der Waals surface area contributed by atoms with Gasteiger partial charge in [-0.15, -0.1) is 0 Å². The van der Waals surface area contributed by atoms with Crippen LogP contribution in [0.15, 0.2) is 48.5 Å². The molecule has 27 heavy (non-hydrogen) atoms. The number of ether oxygens (including phenoxy) is 1. The number of nitrogens with two attached hydrogens (primary N) is 1. The number of nitrogen functional groups attached to an aromatic ring is 1. The monoisotopic (exact) mass is 386 g/mol. The summed E-state index contributed by atoms with van der Waals surface area (Å²) in [4.78, 5) is 18.9. The van der Waals surface area contributed by atoms with E-state index >= 15 is 0 Å². The molecule has 0 spiro atoms. The predicted octanol–water partition coefficient (Wildman–Crippen LogP) is 4.12. The third kappa shape index (κ3) is 4.33. The Kier molecular flexibility index (Phi) is 5.23. The lowest BCUT2D eigenvalue weighted by molar-refractivity contribution is -0.383. The summed E-state index contributed by atoms with van der Waals surface area (Å²) in [6, 6.07) is 13.7. The number of nitro groups is 1. The first-order chi connectivity index (χ1) is 13.0. The van der Waals surface area contributed by atoms with Crippen LogP contribution in [0.2, 0.25) is 5.02 Å². The molecule has 1 aromatic heterocycles. The molecule has 10 heteroatoms. The van der Waals surface area contributed by atoms with Crippen molar-refractivity contribution in [3.63, 3.8) is 0 Å². The van der Waals surface area contributed by atoms with E-state index in [1.54, 1.807) is 55.6 Å². The van der Waals surface area contributed by atoms with Crippen molar-refractivity contribution in [3.8, 4) is 5.75 Å². The summed E-state index contributed by atoms with van der Waals surface area (Å²) < 4.78 is 5.09. The van der Waals surface area contributed by atoms with Crippen LogP contribution in [0, 0.1) is 10.1 Å². The largest absolute Gasteiger partial charge is 0.497 e. The van der Waals surface area contributed by atoms with Gasteiger partial charge in [0.15, 0.2) is 0 Å². The van der Waals surface area contributed by atoms with Gasteiger partial charge in [0.2, 0.25) is 17.6 Å². The second-order valence-electron chi connectivity index (χ2n) is 5.38. The number of hydrogen-bond acceptors (Lipinski definition) is 8. The second-order valence-corrected chi connectivity index (χ2v) is 5.81. The molecule has 1 heterocycles. The Morgan fingerprint density at radius 1 is 1.11 bits per heavy atom. The minimum atomic E-state index is -0.635. The van der Waals surface area contributed by atoms with Gasteiger partial charge in [-0.25, -0.2) is 0 Å². The molecule has 0 saturated heterocycles. The molecule has 0 atom stereocenters. The van der Waals surface area contributed by atoms with Gasteiger partial charge < -0.3 is 21.1 Å². The minimum Gasteiger partial charge on any atom is -0.497 e. The van der Waals surface area contributed by atoms with Crippen LogP contribution in [-0.2, 0) is 0 Å². The molecule has 0 aliphatic carbocycles. The van der Waals surface area contributed by atoms with Crippen molar-refractivity contribution < 1.29 is 9.66 Å². The summed E-state index contributed by atoms with van der Waals surface area (Å²) in [6.07, 6.45) is 0. The maximum absolute atomic E-state index is 11.4. The highest BCUT2D eigenvalue weighted by molar-refractivity contribution is 6.30. The summed E-state index contributed by atoms with van der Waals surface area (Å²) in [5, 5.41) is 17.7. The lowest BCUT2D eigenvalue weighted by Gasteiger charge is -2.11. The van der Waals surface area contributed by atoms with Crippen LogP contribution >= 0.6 is 11.6 Å². The molecule has 0 saturated carbocycles. The molecule has 0 bridgehead atoms. The SMILES string of the molecule is COc1ccc(Nc2nc(Nc3cccc(Cl)c3)nc(N)c2[N+](=O)[O-])cc1. The van der Waals surface area contributed by atoms with Crippen LogP contribution in [0.3, 0.4) is 0 Å². The normalized spacial score (nSPS) is 10.3. The van der Waals surface area contributed by atoms with Crippen molar-refractivity contribution in [2.24, 2.45) is 0 Å². The molecule has 0 amide bonds. The van der Waals surface area contributed by atoms with E-state index in [0.717, 1.165) is 0 Å². The van der Waals surface area contributed by atoms with Crippen molar-refractivity contribution >= 4 is 46.2 Å². The van der Waals surface area contributed by atoms with Crippen LogP contribution in [0.4, 0.5) is 34.6 Å². The molecule has 9 nitrogen and oxygen atoms in total. The highest BCUT2D eigenvalue weighted by Crippen LogP contribution is 2.32. The predicted molar refractivity (Wildman–Crippen MR) is 104 cm³/mol. The summed E-state index contributed by atoms with van der Waals surface area (Å²) in [5.74, 6) is 0.440. The number of rotatable bonds is 6. The number of nitrogens with one attached hydrogen (secondary N) is 2. The van der Waals surface area contributed by atoms with Gasteiger partial charge in [-0.3, -0.25) is 10.1 Å². The van der Waals surface area contributed by atoms with Crippen molar-refractivity contribution in [1.82, 2.24) is 9.97 Å². The van der Waals surface area contributed by atoms with Gasteiger partial charge in [-0.05, 0) is 42.5 Å². The van der Waals surface area contributed by atoms with Crippen molar-refractivity contribution in [2.45, 2.75) is 0 Å². The Hall–Kier alpha value is -3.59. The Balaban J connectivity index is 1.96. The Bertz CT molecular complexity index is 981. The maximum Gasteiger partial charge on any atom is 0.353 e. The minimum absolute atomic E-state index is 0.0396. The zero-order valence-electron chi connectivity index (χ0n) is 14.1. The van der Waals surface area contributed by atoms with Crippen LogP contribution in [0.1, 0.15) is 0 Å². The van der Waals surface area contributed by atoms with E-state index in [9.17, 15) is 10.1 Å². The number of aromatic nitrogens is 2. The topological polar surface area (TPSA) is 128 Å². The van der Waals surface area contributed by atoms with E-state index in [-0.39, 0.29) is 17.6 Å². The van der Waals surface area contributed by atoms with E-state index in [1.807, 2.05) is 0 Å². The van der Waals surface area contributed by atoms with Crippen LogP contribution < -0.4 is 21.1 Å². The van der Waals surface area contributed by atoms with Gasteiger partial charge in [0.1, 0.15) is 5.75 Å². The van der Waals surface area contributed by atoms with E-state index in [4.69, 9.17) is 22.1 Å². The second kappa shape index (κ2) is 7.75. The van der Waals surface area contributed by atoms with Gasteiger partial charge in [0, 0.05) is 16.4 Å². The number of halogens is 1. The number of anilines is 5. The first-order valence-corrected chi connectivity index (χ1v) is 8.09. The van der Waals surface area contributed by atoms with Gasteiger partial charge in [0.05, 0.1) is 12.0 Å². The first-order valence-electron chi connectivity index (χ1n) is 7.72. The highest BCUT2D eigenvalue weighted by Gasteiger charge is 2.23. The molecule has 138 valence electrons. The van der Waals surface area contributed by atoms with Crippen molar-refractivity contribution in [3.05, 3.63) is 63.7 Å². The van der Waals surface area contributed by atoms with E-state index < -0.39 is 10.6 Å². The maximum atomic E-state index is 11.4. The van der Waals surface area contributed by atoms with E-state index in [1.165, 1.54) is 0 Å². The molecule has 0 unspecified atom stereocenters. The molecular formula is C17H15ClN6O3. The Morgan fingerprint density at radius 2 is 1.85 bits per heavy atom. The zero-order chi connectivity index (χ0) is 19.4. The molecule has 3 rings (SSSR count). The van der Waals surface area contributed by atoms with E-state index in [2.05, 4.69) is 20.6 Å². The standard InChI is InChI=1S/C17H15ClN6O3/c1-27-13-7-5-11(6-8-13)20-16-14(24(25)26)15(19)22-17(23-16)21-12-4-2-3-10(18)9-12/h2-9H,1H3,(H4,19,20,21,22,23). The smallest absolute Gasteiger partial charge is 0.353 e. The molecule has 2 aromatic carbocycles. The molecule has 0 radical (unpaired) electrons. The summed E-state index contributed by atoms with van der Waals surface area (Å²) >= 11 is 5.96. The fraction of sp³-hybridized carbons (Fsp3) is 0.0588. The number of hydrogen-bond donors (Lipinski definition) is 3. The first kappa shape index (κ1) is 18.2. The molecular weight excluding hydrogens is 372 g/mol. The average Bonchev–Trinajstić information content (AvgIpc) is 2.61. The van der Waals surface area contributed by atoms with Crippen molar-refractivity contribution in [1.29, 1.82) is 0 Å². The highest BCUT2D eigenvalue weighted by atomic mass is 35.5. The summed E-state index contributed by atoms with van der Waals surface area (Å²) in [6.45, 7) is 0. The molecule has 0 aliphatic heterocycles. The fourth-order valence-corrected chi connectivity index (χ4v) is 2.49. The summed E-state index contributed by atoms with van der Waals surface area (Å²) in [7, 11) is 1.55. The molecule has 4 N–H and O–H groups in total. The van der Waals surface area contributed by atoms with Crippen LogP contribution in [-0.4, -0.2) is 22.0 Å². The number of methoxy groups -OCH3 is 1. The van der Waals surface area contributed by atoms with Crippen LogP contribution in [0.5, 0.6) is 5.75 Å². The third-order valence-electron chi connectivity index (χ3n) is 3.53. The van der Waals surface area contributed by atoms with Crippen LogP contribution in [0.25, 0.3) is 0 Å². The number of benzene rings is 2. The van der Waals surface area contributed by atoms with Crippen molar-refractivity contribution in [2.75, 3.05) is 23.5 Å².